The number of carbonyl (C=O) groups excluding carboxylic acids is 2. The van der Waals surface area contributed by atoms with Crippen LogP contribution in [0, 0.1) is 0 Å². The predicted molar refractivity (Wildman–Crippen MR) is 125 cm³/mol. The molecule has 2 heterocycles. The lowest BCUT2D eigenvalue weighted by atomic mass is 10.0. The van der Waals surface area contributed by atoms with Gasteiger partial charge in [0.25, 0.3) is 0 Å². The molecule has 1 aromatic carbocycles. The number of rotatable bonds is 4. The summed E-state index contributed by atoms with van der Waals surface area (Å²) in [4.78, 5) is 31.0. The Morgan fingerprint density at radius 2 is 1.81 bits per heavy atom. The second-order valence-electron chi connectivity index (χ2n) is 9.63. The van der Waals surface area contributed by atoms with E-state index in [2.05, 4.69) is 39.5 Å². The van der Waals surface area contributed by atoms with Gasteiger partial charge in [0.1, 0.15) is 11.8 Å². The summed E-state index contributed by atoms with van der Waals surface area (Å²) in [7, 11) is 2.03. The monoisotopic (exact) mass is 442 g/mol. The van der Waals surface area contributed by atoms with E-state index < -0.39 is 17.6 Å². The SMILES string of the molecule is CC(C)(C)OC(=O)NCCN1CCC2=NC=C(C(N)=O)[N+]2(C)CCc2ccccc2CC1. The van der Waals surface area contributed by atoms with Crippen molar-refractivity contribution < 1.29 is 18.8 Å². The second-order valence-corrected chi connectivity index (χ2v) is 9.63. The topological polar surface area (TPSA) is 97.0 Å². The Kier molecular flexibility index (Phi) is 7.36. The van der Waals surface area contributed by atoms with Crippen molar-refractivity contribution >= 4 is 17.8 Å². The molecule has 2 amide bonds. The van der Waals surface area contributed by atoms with Crippen molar-refractivity contribution in [3.63, 3.8) is 0 Å². The Morgan fingerprint density at radius 3 is 2.47 bits per heavy atom. The zero-order valence-corrected chi connectivity index (χ0v) is 19.7. The van der Waals surface area contributed by atoms with Gasteiger partial charge in [-0.15, -0.1) is 0 Å². The molecular weight excluding hydrogens is 406 g/mol. The first kappa shape index (κ1) is 23.9. The molecule has 0 aromatic heterocycles. The first-order valence-electron chi connectivity index (χ1n) is 11.3. The number of amides is 2. The van der Waals surface area contributed by atoms with Crippen LogP contribution in [0.4, 0.5) is 4.79 Å². The molecule has 3 N–H and O–H groups in total. The van der Waals surface area contributed by atoms with E-state index >= 15 is 0 Å². The van der Waals surface area contributed by atoms with Gasteiger partial charge in [-0.1, -0.05) is 24.3 Å². The van der Waals surface area contributed by atoms with Crippen LogP contribution in [0.3, 0.4) is 0 Å². The smallest absolute Gasteiger partial charge is 0.407 e. The number of carbonyl (C=O) groups is 2. The number of nitrogens with zero attached hydrogens (tertiary/aromatic N) is 3. The van der Waals surface area contributed by atoms with Crippen molar-refractivity contribution in [2.45, 2.75) is 45.6 Å². The number of nitrogens with one attached hydrogen (secondary N) is 1. The van der Waals surface area contributed by atoms with E-state index in [1.54, 1.807) is 6.20 Å². The third-order valence-corrected chi connectivity index (χ3v) is 6.08. The number of alkyl carbamates (subject to hydrolysis) is 1. The highest BCUT2D eigenvalue weighted by Crippen LogP contribution is 2.26. The van der Waals surface area contributed by atoms with E-state index in [-0.39, 0.29) is 0 Å². The van der Waals surface area contributed by atoms with Crippen LogP contribution in [-0.4, -0.2) is 72.6 Å². The van der Waals surface area contributed by atoms with Crippen LogP contribution in [-0.2, 0) is 22.4 Å². The van der Waals surface area contributed by atoms with Crippen molar-refractivity contribution in [1.29, 1.82) is 0 Å². The number of quaternary nitrogens is 1. The second kappa shape index (κ2) is 9.83. The Bertz CT molecular complexity index is 918. The maximum atomic E-state index is 12.1. The summed E-state index contributed by atoms with van der Waals surface area (Å²) in [6.07, 6.45) is 3.73. The molecule has 0 aliphatic carbocycles. The van der Waals surface area contributed by atoms with Crippen LogP contribution in [0.2, 0.25) is 0 Å². The lowest BCUT2D eigenvalue weighted by molar-refractivity contribution is -0.774. The fourth-order valence-electron chi connectivity index (χ4n) is 4.29. The van der Waals surface area contributed by atoms with Gasteiger partial charge in [-0.05, 0) is 38.3 Å². The summed E-state index contributed by atoms with van der Waals surface area (Å²) in [5.74, 6) is 0.524. The van der Waals surface area contributed by atoms with Gasteiger partial charge in [0.2, 0.25) is 11.5 Å². The lowest BCUT2D eigenvalue weighted by Gasteiger charge is -2.32. The van der Waals surface area contributed by atoms with Crippen molar-refractivity contribution in [2.24, 2.45) is 10.7 Å². The molecule has 0 fully saturated rings. The lowest BCUT2D eigenvalue weighted by Crippen LogP contribution is -2.51. The van der Waals surface area contributed by atoms with Gasteiger partial charge in [-0.3, -0.25) is 4.79 Å². The molecule has 0 bridgehead atoms. The summed E-state index contributed by atoms with van der Waals surface area (Å²) < 4.78 is 5.69. The summed E-state index contributed by atoms with van der Waals surface area (Å²) in [6.45, 7) is 9.15. The average molecular weight is 443 g/mol. The highest BCUT2D eigenvalue weighted by molar-refractivity contribution is 5.95. The Balaban J connectivity index is 1.73. The highest BCUT2D eigenvalue weighted by atomic mass is 16.6. The third-order valence-electron chi connectivity index (χ3n) is 6.08. The number of amidine groups is 1. The largest absolute Gasteiger partial charge is 0.444 e. The van der Waals surface area contributed by atoms with Gasteiger partial charge >= 0.3 is 12.0 Å². The zero-order valence-electron chi connectivity index (χ0n) is 19.7. The minimum atomic E-state index is -0.517. The minimum absolute atomic E-state index is 0.355. The van der Waals surface area contributed by atoms with Crippen LogP contribution in [0.1, 0.15) is 38.3 Å². The van der Waals surface area contributed by atoms with E-state index in [4.69, 9.17) is 10.5 Å². The number of fused-ring (bicyclic) bond motifs is 2. The van der Waals surface area contributed by atoms with Crippen molar-refractivity contribution in [2.75, 3.05) is 39.8 Å². The summed E-state index contributed by atoms with van der Waals surface area (Å²) in [5, 5.41) is 2.85. The molecule has 0 saturated heterocycles. The minimum Gasteiger partial charge on any atom is -0.444 e. The average Bonchev–Trinajstić information content (AvgIpc) is 3.02. The molecular formula is C24H36N5O3+. The Hall–Kier alpha value is -2.71. The van der Waals surface area contributed by atoms with Crippen LogP contribution in [0.15, 0.2) is 41.2 Å². The summed E-state index contributed by atoms with van der Waals surface area (Å²) >= 11 is 0. The molecule has 1 atom stereocenters. The summed E-state index contributed by atoms with van der Waals surface area (Å²) in [5.41, 5.74) is 8.30. The molecule has 8 nitrogen and oxygen atoms in total. The fraction of sp³-hybridized carbons (Fsp3) is 0.542. The first-order valence-corrected chi connectivity index (χ1v) is 11.3. The van der Waals surface area contributed by atoms with Crippen LogP contribution in [0.25, 0.3) is 0 Å². The molecule has 2 aliphatic heterocycles. The number of likely N-dealkylation sites (N-methyl/N-ethyl adjacent to an activating group) is 1. The van der Waals surface area contributed by atoms with Gasteiger partial charge in [-0.2, -0.15) is 0 Å². The first-order chi connectivity index (χ1) is 15.1. The normalized spacial score (nSPS) is 22.0. The van der Waals surface area contributed by atoms with E-state index in [0.717, 1.165) is 44.7 Å². The molecule has 0 saturated carbocycles. The van der Waals surface area contributed by atoms with E-state index in [1.165, 1.54) is 11.1 Å². The van der Waals surface area contributed by atoms with Crippen molar-refractivity contribution in [1.82, 2.24) is 10.2 Å². The van der Waals surface area contributed by atoms with E-state index in [0.29, 0.717) is 23.3 Å². The number of ether oxygens (including phenoxy) is 1. The van der Waals surface area contributed by atoms with Crippen LogP contribution in [0.5, 0.6) is 0 Å². The Labute approximate surface area is 190 Å². The third kappa shape index (κ3) is 5.95. The highest BCUT2D eigenvalue weighted by Gasteiger charge is 2.41. The predicted octanol–water partition coefficient (Wildman–Crippen LogP) is 2.19. The molecule has 174 valence electrons. The summed E-state index contributed by atoms with van der Waals surface area (Å²) in [6, 6.07) is 8.47. The van der Waals surface area contributed by atoms with Crippen LogP contribution >= 0.6 is 0 Å². The maximum Gasteiger partial charge on any atom is 0.407 e. The van der Waals surface area contributed by atoms with E-state index in [1.807, 2.05) is 27.8 Å². The maximum absolute atomic E-state index is 12.1. The molecule has 0 spiro atoms. The fourth-order valence-corrected chi connectivity index (χ4v) is 4.29. The van der Waals surface area contributed by atoms with Gasteiger partial charge < -0.3 is 20.7 Å². The van der Waals surface area contributed by atoms with Gasteiger partial charge in [0, 0.05) is 32.6 Å². The van der Waals surface area contributed by atoms with Gasteiger partial charge in [0.15, 0.2) is 0 Å². The number of primary amides is 1. The molecule has 0 radical (unpaired) electrons. The molecule has 1 aromatic rings. The van der Waals surface area contributed by atoms with Crippen molar-refractivity contribution in [3.05, 3.63) is 47.3 Å². The number of aliphatic imine (C=N–C) groups is 1. The van der Waals surface area contributed by atoms with E-state index in [9.17, 15) is 9.59 Å². The van der Waals surface area contributed by atoms with Crippen LogP contribution < -0.4 is 11.1 Å². The number of hydrogen-bond donors (Lipinski definition) is 2. The quantitative estimate of drug-likeness (QED) is 0.699. The standard InChI is InChI=1S/C24H35N5O3/c1-24(2,3)32-23(31)26-12-15-28-13-9-18-7-5-6-8-19(18)11-16-29(4)20(22(25)30)17-27-21(29)10-14-28/h5-8,17H,9-16H2,1-4H3,(H2-,25,26,30,31)/p+1. The van der Waals surface area contributed by atoms with Crippen molar-refractivity contribution in [3.8, 4) is 0 Å². The number of nitrogens with two attached hydrogens (primary N) is 1. The Morgan fingerprint density at radius 1 is 1.16 bits per heavy atom. The molecule has 32 heavy (non-hydrogen) atoms. The van der Waals surface area contributed by atoms with Gasteiger partial charge in [0.05, 0.1) is 20.0 Å². The molecule has 8 heteroatoms. The number of benzene rings is 1. The zero-order chi connectivity index (χ0) is 23.4. The molecule has 3 rings (SSSR count). The van der Waals surface area contributed by atoms with Gasteiger partial charge in [-0.25, -0.2) is 14.3 Å². The number of hydrogen-bond acceptors (Lipinski definition) is 5. The molecule has 2 aliphatic rings. The molecule has 1 unspecified atom stereocenters.